The quantitative estimate of drug-likeness (QED) is 0.673. The average Bonchev–Trinajstić information content (AvgIpc) is 2.49. The molecule has 85 valence electrons. The van der Waals surface area contributed by atoms with Crippen LogP contribution in [0.4, 0.5) is 0 Å². The Morgan fingerprint density at radius 2 is 1.89 bits per heavy atom. The Kier molecular flexibility index (Phi) is 2.84. The molecule has 0 atom stereocenters. The smallest absolute Gasteiger partial charge is 0.0708 e. The third-order valence-corrected chi connectivity index (χ3v) is 2.78. The molecule has 0 fully saturated rings. The van der Waals surface area contributed by atoms with Crippen LogP contribution in [-0.2, 0) is 0 Å². The largest absolute Gasteiger partial charge is 0.264 e. The maximum Gasteiger partial charge on any atom is 0.0708 e. The lowest BCUT2D eigenvalue weighted by atomic mass is 9.99. The van der Waals surface area contributed by atoms with Crippen LogP contribution >= 0.6 is 0 Å². The van der Waals surface area contributed by atoms with E-state index < -0.39 is 0 Å². The fraction of sp³-hybridized carbons (Fsp3) is 0. The zero-order chi connectivity index (χ0) is 12.2. The number of hydrogen-bond acceptors (Lipinski definition) is 2. The van der Waals surface area contributed by atoms with Gasteiger partial charge >= 0.3 is 0 Å². The van der Waals surface area contributed by atoms with Gasteiger partial charge in [-0.15, -0.1) is 0 Å². The summed E-state index contributed by atoms with van der Waals surface area (Å²) >= 11 is 0. The molecule has 18 heavy (non-hydrogen) atoms. The van der Waals surface area contributed by atoms with Gasteiger partial charge in [-0.1, -0.05) is 24.3 Å². The molecule has 2 heteroatoms. The first-order valence-electron chi connectivity index (χ1n) is 5.77. The third-order valence-electron chi connectivity index (χ3n) is 2.78. The van der Waals surface area contributed by atoms with Gasteiger partial charge in [0.1, 0.15) is 0 Å². The highest BCUT2D eigenvalue weighted by Crippen LogP contribution is 2.29. The van der Waals surface area contributed by atoms with Crippen molar-refractivity contribution in [3.8, 4) is 22.4 Å². The lowest BCUT2D eigenvalue weighted by Crippen LogP contribution is -1.87. The Morgan fingerprint density at radius 3 is 2.67 bits per heavy atom. The van der Waals surface area contributed by atoms with Crippen LogP contribution in [0.1, 0.15) is 0 Å². The second-order valence-electron chi connectivity index (χ2n) is 3.93. The summed E-state index contributed by atoms with van der Waals surface area (Å²) in [4.78, 5) is 8.56. The van der Waals surface area contributed by atoms with Crippen molar-refractivity contribution in [3.63, 3.8) is 0 Å². The summed E-state index contributed by atoms with van der Waals surface area (Å²) in [6.07, 6.45) is 5.44. The lowest BCUT2D eigenvalue weighted by molar-refractivity contribution is 1.31. The van der Waals surface area contributed by atoms with E-state index in [0.717, 1.165) is 22.4 Å². The molecule has 0 spiro atoms. The lowest BCUT2D eigenvalue weighted by Gasteiger charge is -2.08. The standard InChI is InChI=1S/C16H11N2/c1-2-8-15(16-9-3-4-11-18-16)14(7-1)13-6-5-10-17-12-13/h1,3-12H. The van der Waals surface area contributed by atoms with Gasteiger partial charge in [-0.25, -0.2) is 0 Å². The fourth-order valence-corrected chi connectivity index (χ4v) is 1.94. The Balaban J connectivity index is 2.18. The maximum atomic E-state index is 4.39. The molecular formula is C16H11N2. The molecule has 0 N–H and O–H groups in total. The van der Waals surface area contributed by atoms with Crippen molar-refractivity contribution >= 4 is 0 Å². The molecule has 1 aromatic carbocycles. The summed E-state index contributed by atoms with van der Waals surface area (Å²) in [6.45, 7) is 0. The van der Waals surface area contributed by atoms with E-state index in [9.17, 15) is 0 Å². The fourth-order valence-electron chi connectivity index (χ4n) is 1.94. The van der Waals surface area contributed by atoms with Crippen LogP contribution in [0.5, 0.6) is 0 Å². The maximum absolute atomic E-state index is 4.39. The number of aromatic nitrogens is 2. The predicted molar refractivity (Wildman–Crippen MR) is 71.7 cm³/mol. The highest BCUT2D eigenvalue weighted by molar-refractivity contribution is 5.81. The van der Waals surface area contributed by atoms with Gasteiger partial charge < -0.3 is 0 Å². The second kappa shape index (κ2) is 4.80. The summed E-state index contributed by atoms with van der Waals surface area (Å²) in [5, 5.41) is 0. The number of rotatable bonds is 2. The van der Waals surface area contributed by atoms with Crippen LogP contribution < -0.4 is 0 Å². The zero-order valence-corrected chi connectivity index (χ0v) is 9.75. The molecule has 2 aromatic heterocycles. The van der Waals surface area contributed by atoms with Gasteiger partial charge in [0.15, 0.2) is 0 Å². The molecule has 0 saturated heterocycles. The van der Waals surface area contributed by atoms with Gasteiger partial charge in [0.25, 0.3) is 0 Å². The molecule has 0 bridgehead atoms. The Morgan fingerprint density at radius 1 is 0.889 bits per heavy atom. The summed E-state index contributed by atoms with van der Waals surface area (Å²) in [6, 6.07) is 18.9. The minimum Gasteiger partial charge on any atom is -0.264 e. The first kappa shape index (κ1) is 10.7. The first-order chi connectivity index (χ1) is 8.95. The van der Waals surface area contributed by atoms with Gasteiger partial charge in [0.05, 0.1) is 5.69 Å². The normalized spacial score (nSPS) is 10.2. The minimum absolute atomic E-state index is 0.952. The second-order valence-corrected chi connectivity index (χ2v) is 3.93. The molecule has 0 aliphatic heterocycles. The third kappa shape index (κ3) is 2.00. The van der Waals surface area contributed by atoms with E-state index in [4.69, 9.17) is 0 Å². The Labute approximate surface area is 106 Å². The average molecular weight is 231 g/mol. The highest BCUT2D eigenvalue weighted by Gasteiger charge is 2.07. The van der Waals surface area contributed by atoms with Crippen molar-refractivity contribution in [3.05, 3.63) is 73.2 Å². The highest BCUT2D eigenvalue weighted by atomic mass is 14.7. The van der Waals surface area contributed by atoms with E-state index in [1.807, 2.05) is 48.7 Å². The van der Waals surface area contributed by atoms with Gasteiger partial charge in [0.2, 0.25) is 0 Å². The van der Waals surface area contributed by atoms with Crippen molar-refractivity contribution < 1.29 is 0 Å². The molecule has 0 aliphatic carbocycles. The van der Waals surface area contributed by atoms with Crippen molar-refractivity contribution in [2.24, 2.45) is 0 Å². The van der Waals surface area contributed by atoms with Gasteiger partial charge in [0, 0.05) is 29.7 Å². The van der Waals surface area contributed by atoms with Crippen molar-refractivity contribution in [2.45, 2.75) is 0 Å². The van der Waals surface area contributed by atoms with Crippen LogP contribution in [0.25, 0.3) is 22.4 Å². The predicted octanol–water partition coefficient (Wildman–Crippen LogP) is 3.61. The van der Waals surface area contributed by atoms with Crippen molar-refractivity contribution in [1.82, 2.24) is 9.97 Å². The van der Waals surface area contributed by atoms with Crippen molar-refractivity contribution in [1.29, 1.82) is 0 Å². The minimum atomic E-state index is 0.952. The molecule has 0 amide bonds. The molecule has 1 radical (unpaired) electrons. The molecule has 0 aliphatic rings. The van der Waals surface area contributed by atoms with Gasteiger partial charge in [-0.05, 0) is 35.9 Å². The number of nitrogens with zero attached hydrogens (tertiary/aromatic N) is 2. The molecule has 2 nitrogen and oxygen atoms in total. The van der Waals surface area contributed by atoms with E-state index in [0.29, 0.717) is 0 Å². The van der Waals surface area contributed by atoms with E-state index >= 15 is 0 Å². The molecule has 3 rings (SSSR count). The van der Waals surface area contributed by atoms with Crippen LogP contribution in [0.2, 0.25) is 0 Å². The topological polar surface area (TPSA) is 25.8 Å². The van der Waals surface area contributed by atoms with E-state index in [2.05, 4.69) is 22.1 Å². The SMILES string of the molecule is [c]1ccc(-c2cccnc2)c(-c2ccccn2)c1. The molecule has 0 unspecified atom stereocenters. The van der Waals surface area contributed by atoms with Crippen LogP contribution in [0, 0.1) is 6.07 Å². The van der Waals surface area contributed by atoms with E-state index in [1.54, 1.807) is 12.4 Å². The Bertz CT molecular complexity index is 575. The molecular weight excluding hydrogens is 220 g/mol. The van der Waals surface area contributed by atoms with Crippen LogP contribution in [-0.4, -0.2) is 9.97 Å². The molecule has 3 aromatic rings. The summed E-state index contributed by atoms with van der Waals surface area (Å²) in [7, 11) is 0. The van der Waals surface area contributed by atoms with Crippen LogP contribution in [0.15, 0.2) is 67.1 Å². The summed E-state index contributed by atoms with van der Waals surface area (Å²) in [5.41, 5.74) is 4.24. The number of hydrogen-bond donors (Lipinski definition) is 0. The molecule has 0 saturated carbocycles. The van der Waals surface area contributed by atoms with Crippen molar-refractivity contribution in [2.75, 3.05) is 0 Å². The number of pyridine rings is 2. The summed E-state index contributed by atoms with van der Waals surface area (Å²) < 4.78 is 0. The number of benzene rings is 1. The Hall–Kier alpha value is -2.48. The van der Waals surface area contributed by atoms with E-state index in [1.165, 1.54) is 0 Å². The summed E-state index contributed by atoms with van der Waals surface area (Å²) in [5.74, 6) is 0. The van der Waals surface area contributed by atoms with E-state index in [-0.39, 0.29) is 0 Å². The monoisotopic (exact) mass is 231 g/mol. The van der Waals surface area contributed by atoms with Gasteiger partial charge in [-0.2, -0.15) is 0 Å². The molecule has 2 heterocycles. The van der Waals surface area contributed by atoms with Crippen LogP contribution in [0.3, 0.4) is 0 Å². The van der Waals surface area contributed by atoms with Gasteiger partial charge in [-0.3, -0.25) is 9.97 Å². The zero-order valence-electron chi connectivity index (χ0n) is 9.75. The first-order valence-corrected chi connectivity index (χ1v) is 5.77.